The summed E-state index contributed by atoms with van der Waals surface area (Å²) >= 11 is 0. The molecular weight excluding hydrogens is 220 g/mol. The maximum Gasteiger partial charge on any atom is 0.0241 e. The van der Waals surface area contributed by atoms with Crippen molar-refractivity contribution in [3.8, 4) is 0 Å². The average Bonchev–Trinajstić information content (AvgIpc) is 2.34. The fourth-order valence-corrected chi connectivity index (χ4v) is 3.68. The number of hydrogen-bond donors (Lipinski definition) is 2. The second-order valence-electron chi connectivity index (χ2n) is 7.29. The van der Waals surface area contributed by atoms with Crippen molar-refractivity contribution in [3.05, 3.63) is 0 Å². The highest BCUT2D eigenvalue weighted by Gasteiger charge is 2.28. The van der Waals surface area contributed by atoms with Crippen molar-refractivity contribution in [1.82, 2.24) is 10.9 Å². The van der Waals surface area contributed by atoms with Crippen molar-refractivity contribution < 1.29 is 0 Å². The lowest BCUT2D eigenvalue weighted by atomic mass is 9.79. The minimum Gasteiger partial charge on any atom is -0.254 e. The Morgan fingerprint density at radius 1 is 0.611 bits per heavy atom. The van der Waals surface area contributed by atoms with Gasteiger partial charge < -0.3 is 0 Å². The SMILES string of the molecule is CC1CCC(C)C(NNC2CC(C)CCC2C)C1. The standard InChI is InChI=1S/C16H32N2/c1-11-5-7-13(3)15(9-11)17-18-16-10-12(2)6-8-14(16)4/h11-18H,5-10H2,1-4H3. The summed E-state index contributed by atoms with van der Waals surface area (Å²) in [5.41, 5.74) is 7.34. The van der Waals surface area contributed by atoms with Gasteiger partial charge in [0.2, 0.25) is 0 Å². The molecule has 18 heavy (non-hydrogen) atoms. The summed E-state index contributed by atoms with van der Waals surface area (Å²) in [6.45, 7) is 9.59. The third kappa shape index (κ3) is 3.71. The maximum atomic E-state index is 3.67. The number of hydrogen-bond acceptors (Lipinski definition) is 2. The Bertz CT molecular complexity index is 227. The van der Waals surface area contributed by atoms with Gasteiger partial charge >= 0.3 is 0 Å². The van der Waals surface area contributed by atoms with Crippen molar-refractivity contribution in [2.45, 2.75) is 78.3 Å². The third-order valence-corrected chi connectivity index (χ3v) is 5.37. The molecule has 2 saturated carbocycles. The van der Waals surface area contributed by atoms with E-state index in [1.807, 2.05) is 0 Å². The second kappa shape index (κ2) is 6.38. The van der Waals surface area contributed by atoms with Gasteiger partial charge in [-0.05, 0) is 49.4 Å². The van der Waals surface area contributed by atoms with E-state index in [2.05, 4.69) is 38.5 Å². The molecule has 2 aliphatic rings. The van der Waals surface area contributed by atoms with Crippen LogP contribution >= 0.6 is 0 Å². The molecule has 6 atom stereocenters. The monoisotopic (exact) mass is 252 g/mol. The van der Waals surface area contributed by atoms with Gasteiger partial charge in [0.15, 0.2) is 0 Å². The van der Waals surface area contributed by atoms with E-state index < -0.39 is 0 Å². The zero-order valence-electron chi connectivity index (χ0n) is 12.7. The fraction of sp³-hybridized carbons (Fsp3) is 1.00. The van der Waals surface area contributed by atoms with E-state index in [1.54, 1.807) is 0 Å². The van der Waals surface area contributed by atoms with Gasteiger partial charge in [0.1, 0.15) is 0 Å². The van der Waals surface area contributed by atoms with Crippen LogP contribution in [0.5, 0.6) is 0 Å². The van der Waals surface area contributed by atoms with Gasteiger partial charge in [0.25, 0.3) is 0 Å². The van der Waals surface area contributed by atoms with Crippen molar-refractivity contribution in [1.29, 1.82) is 0 Å². The molecule has 2 aliphatic carbocycles. The van der Waals surface area contributed by atoms with Crippen LogP contribution in [0.25, 0.3) is 0 Å². The molecule has 0 radical (unpaired) electrons. The molecule has 0 heterocycles. The minimum atomic E-state index is 0.679. The molecule has 0 amide bonds. The first-order valence-corrected chi connectivity index (χ1v) is 8.07. The Morgan fingerprint density at radius 3 is 1.39 bits per heavy atom. The van der Waals surface area contributed by atoms with Gasteiger partial charge in [0.05, 0.1) is 0 Å². The van der Waals surface area contributed by atoms with Crippen LogP contribution in [0.2, 0.25) is 0 Å². The van der Waals surface area contributed by atoms with E-state index in [4.69, 9.17) is 0 Å². The third-order valence-electron chi connectivity index (χ3n) is 5.37. The molecule has 0 aliphatic heterocycles. The van der Waals surface area contributed by atoms with E-state index in [-0.39, 0.29) is 0 Å². The van der Waals surface area contributed by atoms with Crippen molar-refractivity contribution in [3.63, 3.8) is 0 Å². The van der Waals surface area contributed by atoms with Gasteiger partial charge in [-0.15, -0.1) is 0 Å². The predicted molar refractivity (Wildman–Crippen MR) is 78.2 cm³/mol. The molecule has 2 rings (SSSR count). The molecule has 0 aromatic heterocycles. The normalized spacial score (nSPS) is 46.0. The van der Waals surface area contributed by atoms with Gasteiger partial charge in [-0.1, -0.05) is 40.5 Å². The lowest BCUT2D eigenvalue weighted by molar-refractivity contribution is 0.159. The highest BCUT2D eigenvalue weighted by molar-refractivity contribution is 4.84. The summed E-state index contributed by atoms with van der Waals surface area (Å²) in [6, 6.07) is 1.36. The molecule has 0 aromatic carbocycles. The number of nitrogens with one attached hydrogen (secondary N) is 2. The maximum absolute atomic E-state index is 3.67. The van der Waals surface area contributed by atoms with Crippen LogP contribution in [-0.4, -0.2) is 12.1 Å². The topological polar surface area (TPSA) is 24.1 Å². The van der Waals surface area contributed by atoms with Crippen molar-refractivity contribution >= 4 is 0 Å². The smallest absolute Gasteiger partial charge is 0.0241 e. The van der Waals surface area contributed by atoms with Crippen molar-refractivity contribution in [2.75, 3.05) is 0 Å². The van der Waals surface area contributed by atoms with Gasteiger partial charge in [0, 0.05) is 12.1 Å². The Kier molecular flexibility index (Phi) is 5.08. The number of rotatable bonds is 3. The summed E-state index contributed by atoms with van der Waals surface area (Å²) in [5.74, 6) is 3.43. The summed E-state index contributed by atoms with van der Waals surface area (Å²) in [7, 11) is 0. The van der Waals surface area contributed by atoms with Crippen LogP contribution < -0.4 is 10.9 Å². The van der Waals surface area contributed by atoms with Crippen LogP contribution in [-0.2, 0) is 0 Å². The molecule has 0 bridgehead atoms. The Hall–Kier alpha value is -0.0800. The molecule has 6 unspecified atom stereocenters. The van der Waals surface area contributed by atoms with Gasteiger partial charge in [-0.3, -0.25) is 10.9 Å². The highest BCUT2D eigenvalue weighted by Crippen LogP contribution is 2.30. The largest absolute Gasteiger partial charge is 0.254 e. The summed E-state index contributed by atoms with van der Waals surface area (Å²) in [5, 5.41) is 0. The molecule has 106 valence electrons. The van der Waals surface area contributed by atoms with Crippen LogP contribution in [0.15, 0.2) is 0 Å². The minimum absolute atomic E-state index is 0.679. The van der Waals surface area contributed by atoms with Gasteiger partial charge in [-0.25, -0.2) is 0 Å². The zero-order valence-corrected chi connectivity index (χ0v) is 12.7. The molecule has 2 N–H and O–H groups in total. The van der Waals surface area contributed by atoms with Crippen LogP contribution in [0.1, 0.15) is 66.2 Å². The summed E-state index contributed by atoms with van der Waals surface area (Å²) < 4.78 is 0. The van der Waals surface area contributed by atoms with Crippen LogP contribution in [0, 0.1) is 23.7 Å². The lowest BCUT2D eigenvalue weighted by Crippen LogP contribution is -2.53. The fourth-order valence-electron chi connectivity index (χ4n) is 3.68. The van der Waals surface area contributed by atoms with E-state index in [0.29, 0.717) is 12.1 Å². The van der Waals surface area contributed by atoms with Crippen LogP contribution in [0.4, 0.5) is 0 Å². The van der Waals surface area contributed by atoms with Crippen molar-refractivity contribution in [2.24, 2.45) is 23.7 Å². The first-order chi connectivity index (χ1) is 8.56. The summed E-state index contributed by atoms with van der Waals surface area (Å²) in [6.07, 6.45) is 8.27. The van der Waals surface area contributed by atoms with E-state index in [0.717, 1.165) is 23.7 Å². The first-order valence-electron chi connectivity index (χ1n) is 8.07. The Labute approximate surface area is 113 Å². The zero-order chi connectivity index (χ0) is 13.1. The van der Waals surface area contributed by atoms with Gasteiger partial charge in [-0.2, -0.15) is 0 Å². The van der Waals surface area contributed by atoms with Crippen LogP contribution in [0.3, 0.4) is 0 Å². The number of hydrazine groups is 1. The molecule has 0 spiro atoms. The van der Waals surface area contributed by atoms with E-state index in [9.17, 15) is 0 Å². The van der Waals surface area contributed by atoms with E-state index >= 15 is 0 Å². The second-order valence-corrected chi connectivity index (χ2v) is 7.29. The lowest BCUT2D eigenvalue weighted by Gasteiger charge is -2.38. The average molecular weight is 252 g/mol. The van der Waals surface area contributed by atoms with E-state index in [1.165, 1.54) is 38.5 Å². The Morgan fingerprint density at radius 2 is 1.00 bits per heavy atom. The molecule has 0 saturated heterocycles. The summed E-state index contributed by atoms with van der Waals surface area (Å²) in [4.78, 5) is 0. The molecule has 2 heteroatoms. The molecular formula is C16H32N2. The first kappa shape index (κ1) is 14.3. The highest BCUT2D eigenvalue weighted by atomic mass is 15.4. The molecule has 2 fully saturated rings. The molecule has 2 nitrogen and oxygen atoms in total. The Balaban J connectivity index is 1.79. The molecule has 0 aromatic rings. The quantitative estimate of drug-likeness (QED) is 0.748. The predicted octanol–water partition coefficient (Wildman–Crippen LogP) is 3.73.